The number of rotatable bonds is 6. The molecule has 1 aliphatic carbocycles. The predicted molar refractivity (Wildman–Crippen MR) is 155 cm³/mol. The topological polar surface area (TPSA) is 118 Å². The van der Waals surface area contributed by atoms with E-state index in [9.17, 15) is 8.42 Å². The fourth-order valence-corrected chi connectivity index (χ4v) is 7.30. The van der Waals surface area contributed by atoms with Crippen molar-refractivity contribution in [1.82, 2.24) is 29.0 Å². The van der Waals surface area contributed by atoms with Crippen LogP contribution in [0.1, 0.15) is 44.1 Å². The summed E-state index contributed by atoms with van der Waals surface area (Å²) < 4.78 is 32.1. The summed E-state index contributed by atoms with van der Waals surface area (Å²) in [5.41, 5.74) is 2.60. The highest BCUT2D eigenvalue weighted by Crippen LogP contribution is 2.39. The number of hydrogen-bond acceptors (Lipinski definition) is 10. The number of ether oxygens (including phenoxy) is 1. The summed E-state index contributed by atoms with van der Waals surface area (Å²) in [5.74, 6) is 8.91. The van der Waals surface area contributed by atoms with E-state index in [-0.39, 0.29) is 10.9 Å². The van der Waals surface area contributed by atoms with E-state index in [1.807, 2.05) is 12.3 Å². The number of anilines is 3. The molecule has 6 heterocycles. The lowest BCUT2D eigenvalue weighted by Crippen LogP contribution is -2.52. The number of piperidine rings is 1. The molecule has 7 rings (SSSR count). The van der Waals surface area contributed by atoms with Crippen LogP contribution in [0.15, 0.2) is 36.9 Å². The molecule has 1 atom stereocenters. The molecule has 1 unspecified atom stereocenters. The van der Waals surface area contributed by atoms with Gasteiger partial charge in [-0.1, -0.05) is 11.8 Å². The third-order valence-electron chi connectivity index (χ3n) is 8.60. The minimum atomic E-state index is -3.45. The van der Waals surface area contributed by atoms with E-state index in [1.54, 1.807) is 12.3 Å². The summed E-state index contributed by atoms with van der Waals surface area (Å²) in [6.07, 6.45) is 12.1. The van der Waals surface area contributed by atoms with Crippen LogP contribution in [0.25, 0.3) is 11.4 Å². The molecule has 1 N–H and O–H groups in total. The van der Waals surface area contributed by atoms with Gasteiger partial charge in [0.1, 0.15) is 11.6 Å². The third-order valence-corrected chi connectivity index (χ3v) is 10.6. The van der Waals surface area contributed by atoms with Crippen LogP contribution in [0.2, 0.25) is 0 Å². The molecule has 12 heteroatoms. The summed E-state index contributed by atoms with van der Waals surface area (Å²) in [7, 11) is -1.31. The van der Waals surface area contributed by atoms with E-state index in [1.165, 1.54) is 12.4 Å². The Hall–Kier alpha value is -3.53. The smallest absolute Gasteiger partial charge is 0.256 e. The standard InChI is InChI=1S/C29H34N8O3S/c1-35-12-7-21(19-35)2-3-22-17-31-27(16-25(22)36-13-8-29(9-14-36)10-15-40-29)33-26-6-11-30-28(34-26)23-18-32-37(20-23)41(38,39)24-4-5-24/h6,11,16-18,20-21,24H,4-5,7-10,12-15,19H2,1H3,(H,30,31,33,34). The van der Waals surface area contributed by atoms with E-state index < -0.39 is 10.0 Å². The van der Waals surface area contributed by atoms with Gasteiger partial charge in [0.05, 0.1) is 46.7 Å². The third kappa shape index (κ3) is 5.41. The van der Waals surface area contributed by atoms with Gasteiger partial charge in [0.2, 0.25) is 0 Å². The second-order valence-electron chi connectivity index (χ2n) is 11.6. The number of pyridine rings is 1. The lowest BCUT2D eigenvalue weighted by Gasteiger charge is -2.48. The van der Waals surface area contributed by atoms with Crippen LogP contribution >= 0.6 is 0 Å². The molecule has 11 nitrogen and oxygen atoms in total. The van der Waals surface area contributed by atoms with Crippen molar-refractivity contribution in [3.8, 4) is 23.2 Å². The Morgan fingerprint density at radius 1 is 1.07 bits per heavy atom. The first kappa shape index (κ1) is 26.4. The summed E-state index contributed by atoms with van der Waals surface area (Å²) in [4.78, 5) is 18.4. The number of aromatic nitrogens is 5. The van der Waals surface area contributed by atoms with E-state index >= 15 is 0 Å². The Bertz CT molecular complexity index is 1610. The minimum absolute atomic E-state index is 0.0635. The fraction of sp³-hybridized carbons (Fsp3) is 0.517. The summed E-state index contributed by atoms with van der Waals surface area (Å²) in [6.45, 7) is 4.78. The highest BCUT2D eigenvalue weighted by Gasteiger charge is 2.41. The number of nitrogens with zero attached hydrogens (tertiary/aromatic N) is 7. The van der Waals surface area contributed by atoms with Crippen molar-refractivity contribution < 1.29 is 13.2 Å². The van der Waals surface area contributed by atoms with Crippen LogP contribution in [0.5, 0.6) is 0 Å². The van der Waals surface area contributed by atoms with Gasteiger partial charge in [0, 0.05) is 44.0 Å². The maximum absolute atomic E-state index is 12.5. The van der Waals surface area contributed by atoms with Crippen LogP contribution in [-0.4, -0.2) is 88.1 Å². The molecule has 1 spiro atoms. The monoisotopic (exact) mass is 574 g/mol. The highest BCUT2D eigenvalue weighted by atomic mass is 32.2. The first-order valence-corrected chi connectivity index (χ1v) is 15.9. The molecule has 4 aliphatic rings. The van der Waals surface area contributed by atoms with Crippen molar-refractivity contribution in [3.05, 3.63) is 42.5 Å². The maximum Gasteiger partial charge on any atom is 0.256 e. The Labute approximate surface area is 240 Å². The Balaban J connectivity index is 1.13. The van der Waals surface area contributed by atoms with E-state index in [0.717, 1.165) is 73.8 Å². The Morgan fingerprint density at radius 2 is 1.90 bits per heavy atom. The molecule has 41 heavy (non-hydrogen) atoms. The van der Waals surface area contributed by atoms with Gasteiger partial charge in [-0.25, -0.2) is 23.4 Å². The molecule has 3 aromatic heterocycles. The van der Waals surface area contributed by atoms with Gasteiger partial charge in [-0.15, -0.1) is 0 Å². The summed E-state index contributed by atoms with van der Waals surface area (Å²) >= 11 is 0. The minimum Gasteiger partial charge on any atom is -0.375 e. The van der Waals surface area contributed by atoms with Crippen LogP contribution in [-0.2, 0) is 14.8 Å². The van der Waals surface area contributed by atoms with Crippen LogP contribution in [0, 0.1) is 17.8 Å². The molecule has 4 fully saturated rings. The van der Waals surface area contributed by atoms with E-state index in [2.05, 4.69) is 54.1 Å². The first-order chi connectivity index (χ1) is 19.9. The van der Waals surface area contributed by atoms with Gasteiger partial charge < -0.3 is 19.9 Å². The second kappa shape index (κ2) is 10.4. The van der Waals surface area contributed by atoms with Gasteiger partial charge >= 0.3 is 0 Å². The average Bonchev–Trinajstić information content (AvgIpc) is 3.56. The van der Waals surface area contributed by atoms with Crippen LogP contribution in [0.3, 0.4) is 0 Å². The quantitative estimate of drug-likeness (QED) is 0.440. The van der Waals surface area contributed by atoms with Gasteiger partial charge in [0.25, 0.3) is 10.0 Å². The largest absolute Gasteiger partial charge is 0.375 e. The summed E-state index contributed by atoms with van der Waals surface area (Å²) in [6, 6.07) is 3.81. The van der Waals surface area contributed by atoms with E-state index in [0.29, 0.717) is 41.8 Å². The van der Waals surface area contributed by atoms with Gasteiger partial charge in [-0.2, -0.15) is 9.19 Å². The van der Waals surface area contributed by atoms with Crippen molar-refractivity contribution in [2.24, 2.45) is 5.92 Å². The van der Waals surface area contributed by atoms with E-state index in [4.69, 9.17) is 4.74 Å². The first-order valence-electron chi connectivity index (χ1n) is 14.4. The van der Waals surface area contributed by atoms with Gasteiger partial charge in [-0.3, -0.25) is 0 Å². The van der Waals surface area contributed by atoms with Gasteiger partial charge in [0.15, 0.2) is 5.82 Å². The van der Waals surface area contributed by atoms with Crippen LogP contribution in [0.4, 0.5) is 17.3 Å². The molecule has 0 aromatic carbocycles. The Morgan fingerprint density at radius 3 is 2.61 bits per heavy atom. The molecule has 0 radical (unpaired) electrons. The lowest BCUT2D eigenvalue weighted by atomic mass is 9.84. The molecule has 3 aromatic rings. The average molecular weight is 575 g/mol. The molecular weight excluding hydrogens is 540 g/mol. The molecule has 1 saturated carbocycles. The zero-order valence-corrected chi connectivity index (χ0v) is 24.0. The number of nitrogens with one attached hydrogen (secondary N) is 1. The normalized spacial score (nSPS) is 22.3. The number of likely N-dealkylation sites (tertiary alicyclic amines) is 1. The lowest BCUT2D eigenvalue weighted by molar-refractivity contribution is -0.158. The zero-order valence-electron chi connectivity index (χ0n) is 23.2. The SMILES string of the molecule is CN1CCC(C#Cc2cnc(Nc3ccnc(-c4cnn(S(=O)(=O)C5CC5)c4)n3)cc2N2CCC3(CCO3)CC2)C1. The van der Waals surface area contributed by atoms with Crippen molar-refractivity contribution in [2.75, 3.05) is 50.1 Å². The van der Waals surface area contributed by atoms with Crippen LogP contribution < -0.4 is 10.2 Å². The highest BCUT2D eigenvalue weighted by molar-refractivity contribution is 7.90. The number of hydrogen-bond donors (Lipinski definition) is 1. The molecule has 0 amide bonds. The Kier molecular flexibility index (Phi) is 6.68. The molecular formula is C29H34N8O3S. The maximum atomic E-state index is 12.5. The second-order valence-corrected chi connectivity index (χ2v) is 13.7. The molecule has 214 valence electrons. The predicted octanol–water partition coefficient (Wildman–Crippen LogP) is 2.88. The zero-order chi connectivity index (χ0) is 28.0. The van der Waals surface area contributed by atoms with Gasteiger partial charge in [-0.05, 0) is 58.2 Å². The summed E-state index contributed by atoms with van der Waals surface area (Å²) in [5, 5.41) is 7.04. The fourth-order valence-electron chi connectivity index (χ4n) is 5.82. The van der Waals surface area contributed by atoms with Crippen molar-refractivity contribution in [3.63, 3.8) is 0 Å². The molecule has 3 saturated heterocycles. The molecule has 3 aliphatic heterocycles. The van der Waals surface area contributed by atoms with Crippen molar-refractivity contribution >= 4 is 27.3 Å². The van der Waals surface area contributed by atoms with Crippen molar-refractivity contribution in [1.29, 1.82) is 0 Å². The molecule has 0 bridgehead atoms. The van der Waals surface area contributed by atoms with Crippen molar-refractivity contribution in [2.45, 2.75) is 49.4 Å².